The Morgan fingerprint density at radius 2 is 1.83 bits per heavy atom. The van der Waals surface area contributed by atoms with Gasteiger partial charge in [0.25, 0.3) is 0 Å². The zero-order valence-corrected chi connectivity index (χ0v) is 12.5. The third kappa shape index (κ3) is 2.96. The molecule has 2 unspecified atom stereocenters. The van der Waals surface area contributed by atoms with E-state index in [-0.39, 0.29) is 6.04 Å². The van der Waals surface area contributed by atoms with Crippen LogP contribution in [-0.4, -0.2) is 41.1 Å². The van der Waals surface area contributed by atoms with E-state index in [4.69, 9.17) is 0 Å². The number of rotatable bonds is 3. The number of ether oxygens (including phenoxy) is 1. The van der Waals surface area contributed by atoms with Crippen molar-refractivity contribution < 1.29 is 22.7 Å². The fourth-order valence-electron chi connectivity index (χ4n) is 4.01. The summed E-state index contributed by atoms with van der Waals surface area (Å²) in [4.78, 5) is 13.7. The average molecular weight is 329 g/mol. The van der Waals surface area contributed by atoms with E-state index < -0.39 is 12.5 Å². The summed E-state index contributed by atoms with van der Waals surface area (Å²) in [6.45, 7) is 1.74. The van der Waals surface area contributed by atoms with Crippen LogP contribution in [0.15, 0.2) is 12.4 Å². The first kappa shape index (κ1) is 15.0. The molecule has 3 fully saturated rings. The van der Waals surface area contributed by atoms with Crippen molar-refractivity contribution in [1.29, 1.82) is 0 Å². The molecule has 0 amide bonds. The third-order valence-electron chi connectivity index (χ3n) is 5.25. The predicted octanol–water partition coefficient (Wildman–Crippen LogP) is 2.54. The number of carbonyl (C=O) groups excluding carboxylic acids is 1. The lowest BCUT2D eigenvalue weighted by molar-refractivity contribution is -0.353. The van der Waals surface area contributed by atoms with Crippen molar-refractivity contribution in [2.45, 2.75) is 44.2 Å². The van der Waals surface area contributed by atoms with Crippen LogP contribution in [0.3, 0.4) is 0 Å². The second kappa shape index (κ2) is 5.22. The van der Waals surface area contributed by atoms with E-state index in [0.717, 1.165) is 18.8 Å². The first-order valence-corrected chi connectivity index (χ1v) is 7.93. The van der Waals surface area contributed by atoms with Gasteiger partial charge in [-0.25, -0.2) is 0 Å². The van der Waals surface area contributed by atoms with E-state index in [0.29, 0.717) is 43.3 Å². The molecule has 2 saturated carbocycles. The fourth-order valence-corrected chi connectivity index (χ4v) is 4.01. The Morgan fingerprint density at radius 1 is 1.17 bits per heavy atom. The second-order valence-corrected chi connectivity index (χ2v) is 6.86. The summed E-state index contributed by atoms with van der Waals surface area (Å²) in [6.07, 6.45) is 0.363. The van der Waals surface area contributed by atoms with Gasteiger partial charge >= 0.3 is 6.36 Å². The molecule has 1 aromatic heterocycles. The molecular weight excluding hydrogens is 311 g/mol. The standard InChI is InChI=1S/C15H18F3N3O2/c16-15(17,18)23-14-3-11(4-14)21-8-12(5-19-21)20-6-9-1-13(22)2-10(9)7-20/h5,8-11,14H,1-4,6-7H2. The van der Waals surface area contributed by atoms with Crippen LogP contribution in [0.4, 0.5) is 18.9 Å². The van der Waals surface area contributed by atoms with Gasteiger partial charge in [-0.05, 0) is 24.7 Å². The average Bonchev–Trinajstić information content (AvgIpc) is 3.05. The Kier molecular flexibility index (Phi) is 3.40. The van der Waals surface area contributed by atoms with E-state index in [1.54, 1.807) is 10.9 Å². The molecule has 0 aromatic carbocycles. The van der Waals surface area contributed by atoms with Crippen molar-refractivity contribution in [1.82, 2.24) is 9.78 Å². The number of carbonyl (C=O) groups is 1. The normalized spacial score (nSPS) is 33.9. The van der Waals surface area contributed by atoms with Crippen molar-refractivity contribution in [2.75, 3.05) is 18.0 Å². The Balaban J connectivity index is 1.33. The molecule has 5 nitrogen and oxygen atoms in total. The van der Waals surface area contributed by atoms with Gasteiger partial charge in [-0.15, -0.1) is 13.2 Å². The summed E-state index contributed by atoms with van der Waals surface area (Å²) >= 11 is 0. The minimum Gasteiger partial charge on any atom is -0.368 e. The van der Waals surface area contributed by atoms with Gasteiger partial charge in [0, 0.05) is 32.1 Å². The summed E-state index contributed by atoms with van der Waals surface area (Å²) in [5.74, 6) is 1.25. The molecule has 0 bridgehead atoms. The van der Waals surface area contributed by atoms with Crippen LogP contribution in [0.25, 0.3) is 0 Å². The molecule has 23 heavy (non-hydrogen) atoms. The monoisotopic (exact) mass is 329 g/mol. The highest BCUT2D eigenvalue weighted by Crippen LogP contribution is 2.40. The lowest BCUT2D eigenvalue weighted by Gasteiger charge is -2.35. The quantitative estimate of drug-likeness (QED) is 0.855. The number of hydrogen-bond acceptors (Lipinski definition) is 4. The molecule has 1 aromatic rings. The van der Waals surface area contributed by atoms with Crippen molar-refractivity contribution in [2.24, 2.45) is 11.8 Å². The smallest absolute Gasteiger partial charge is 0.368 e. The number of hydrogen-bond donors (Lipinski definition) is 0. The van der Waals surface area contributed by atoms with Gasteiger partial charge in [0.05, 0.1) is 24.0 Å². The predicted molar refractivity (Wildman–Crippen MR) is 74.9 cm³/mol. The van der Waals surface area contributed by atoms with E-state index in [2.05, 4.69) is 14.7 Å². The van der Waals surface area contributed by atoms with Crippen molar-refractivity contribution in [3.8, 4) is 0 Å². The Hall–Kier alpha value is -1.57. The van der Waals surface area contributed by atoms with Gasteiger partial charge in [-0.1, -0.05) is 0 Å². The van der Waals surface area contributed by atoms with Gasteiger partial charge in [-0.3, -0.25) is 14.2 Å². The lowest BCUT2D eigenvalue weighted by atomic mass is 9.89. The molecule has 0 spiro atoms. The number of fused-ring (bicyclic) bond motifs is 1. The van der Waals surface area contributed by atoms with Crippen LogP contribution in [0, 0.1) is 11.8 Å². The zero-order chi connectivity index (χ0) is 16.2. The van der Waals surface area contributed by atoms with Crippen LogP contribution in [-0.2, 0) is 9.53 Å². The molecule has 2 aliphatic carbocycles. The zero-order valence-electron chi connectivity index (χ0n) is 12.5. The number of anilines is 1. The van der Waals surface area contributed by atoms with Gasteiger partial charge < -0.3 is 4.90 Å². The minimum absolute atomic E-state index is 0.0280. The lowest BCUT2D eigenvalue weighted by Crippen LogP contribution is -2.37. The highest BCUT2D eigenvalue weighted by Gasteiger charge is 2.42. The van der Waals surface area contributed by atoms with Crippen LogP contribution >= 0.6 is 0 Å². The van der Waals surface area contributed by atoms with Crippen LogP contribution in [0.1, 0.15) is 31.7 Å². The van der Waals surface area contributed by atoms with Crippen LogP contribution in [0.2, 0.25) is 0 Å². The molecule has 3 aliphatic rings. The molecular formula is C15H18F3N3O2. The van der Waals surface area contributed by atoms with Crippen molar-refractivity contribution in [3.63, 3.8) is 0 Å². The summed E-state index contributed by atoms with van der Waals surface area (Å²) in [5.41, 5.74) is 0.993. The molecule has 1 saturated heterocycles. The first-order chi connectivity index (χ1) is 10.9. The van der Waals surface area contributed by atoms with Gasteiger partial charge in [0.15, 0.2) is 0 Å². The molecule has 8 heteroatoms. The number of Topliss-reactive ketones (excluding diaryl/α,β-unsaturated/α-hetero) is 1. The van der Waals surface area contributed by atoms with Gasteiger partial charge in [0.2, 0.25) is 0 Å². The number of halogens is 3. The van der Waals surface area contributed by atoms with Crippen LogP contribution < -0.4 is 4.90 Å². The maximum atomic E-state index is 12.1. The van der Waals surface area contributed by atoms with E-state index in [1.807, 2.05) is 6.20 Å². The minimum atomic E-state index is -4.56. The highest BCUT2D eigenvalue weighted by atomic mass is 19.4. The van der Waals surface area contributed by atoms with Crippen molar-refractivity contribution >= 4 is 11.5 Å². The maximum Gasteiger partial charge on any atom is 0.522 e. The second-order valence-electron chi connectivity index (χ2n) is 6.86. The Bertz CT molecular complexity index is 593. The van der Waals surface area contributed by atoms with Crippen molar-refractivity contribution in [3.05, 3.63) is 12.4 Å². The third-order valence-corrected chi connectivity index (χ3v) is 5.25. The SMILES string of the molecule is O=C1CC2CN(c3cnn(C4CC(OC(F)(F)F)C4)c3)CC2C1. The Morgan fingerprint density at radius 3 is 2.43 bits per heavy atom. The first-order valence-electron chi connectivity index (χ1n) is 7.93. The summed E-state index contributed by atoms with van der Waals surface area (Å²) in [5, 5.41) is 4.29. The molecule has 2 heterocycles. The van der Waals surface area contributed by atoms with E-state index in [1.165, 1.54) is 0 Å². The summed E-state index contributed by atoms with van der Waals surface area (Å²) in [7, 11) is 0. The molecule has 1 aliphatic heterocycles. The molecule has 2 atom stereocenters. The highest BCUT2D eigenvalue weighted by molar-refractivity contribution is 5.81. The Labute approximate surface area is 131 Å². The molecule has 0 radical (unpaired) electrons. The molecule has 126 valence electrons. The number of alkyl halides is 3. The van der Waals surface area contributed by atoms with Gasteiger partial charge in [0.1, 0.15) is 5.78 Å². The van der Waals surface area contributed by atoms with Gasteiger partial charge in [-0.2, -0.15) is 5.10 Å². The number of nitrogens with zero attached hydrogens (tertiary/aromatic N) is 3. The number of aromatic nitrogens is 2. The van der Waals surface area contributed by atoms with E-state index >= 15 is 0 Å². The van der Waals surface area contributed by atoms with Crippen LogP contribution in [0.5, 0.6) is 0 Å². The van der Waals surface area contributed by atoms with E-state index in [9.17, 15) is 18.0 Å². The molecule has 4 rings (SSSR count). The fraction of sp³-hybridized carbons (Fsp3) is 0.733. The molecule has 0 N–H and O–H groups in total. The summed E-state index contributed by atoms with van der Waals surface area (Å²) in [6, 6.07) is -0.0280. The topological polar surface area (TPSA) is 47.4 Å². The largest absolute Gasteiger partial charge is 0.522 e. The summed E-state index contributed by atoms with van der Waals surface area (Å²) < 4.78 is 42.1. The maximum absolute atomic E-state index is 12.1. The number of ketones is 1.